The zero-order chi connectivity index (χ0) is 14.6. The second kappa shape index (κ2) is 6.56. The van der Waals surface area contributed by atoms with Gasteiger partial charge in [0, 0.05) is 20.0 Å². The van der Waals surface area contributed by atoms with E-state index in [0.717, 1.165) is 13.1 Å². The largest absolute Gasteiger partial charge is 0.462 e. The number of anilines is 2. The SMILES string of the molecule is CCOC(=O)c1c(N(CC)CC)sc(C(C)=O)c1N. The standard InChI is InChI=1S/C13H20N2O3S/c1-5-15(6-2)12-9(13(17)18-7-3)10(14)11(19-12)8(4)16/h5-7,14H2,1-4H3. The van der Waals surface area contributed by atoms with Gasteiger partial charge in [0.2, 0.25) is 0 Å². The van der Waals surface area contributed by atoms with Gasteiger partial charge in [-0.2, -0.15) is 0 Å². The smallest absolute Gasteiger partial charge is 0.343 e. The van der Waals surface area contributed by atoms with Gasteiger partial charge in [0.1, 0.15) is 10.6 Å². The number of rotatable bonds is 6. The summed E-state index contributed by atoms with van der Waals surface area (Å²) in [7, 11) is 0. The van der Waals surface area contributed by atoms with Crippen molar-refractivity contribution in [3.63, 3.8) is 0 Å². The molecule has 1 aromatic heterocycles. The number of thiophene rings is 1. The zero-order valence-corrected chi connectivity index (χ0v) is 12.6. The van der Waals surface area contributed by atoms with Crippen LogP contribution in [0.25, 0.3) is 0 Å². The Morgan fingerprint density at radius 3 is 2.26 bits per heavy atom. The molecule has 0 amide bonds. The van der Waals surface area contributed by atoms with Crippen molar-refractivity contribution >= 4 is 33.8 Å². The molecule has 0 aromatic carbocycles. The monoisotopic (exact) mass is 284 g/mol. The molecule has 0 aliphatic heterocycles. The first kappa shape index (κ1) is 15.5. The van der Waals surface area contributed by atoms with E-state index < -0.39 is 5.97 Å². The maximum absolute atomic E-state index is 12.0. The molecule has 0 fully saturated rings. The summed E-state index contributed by atoms with van der Waals surface area (Å²) in [6.45, 7) is 8.91. The van der Waals surface area contributed by atoms with Crippen molar-refractivity contribution in [3.05, 3.63) is 10.4 Å². The molecule has 2 N–H and O–H groups in total. The van der Waals surface area contributed by atoms with Gasteiger partial charge in [0.15, 0.2) is 5.78 Å². The van der Waals surface area contributed by atoms with Gasteiger partial charge in [-0.15, -0.1) is 11.3 Å². The highest BCUT2D eigenvalue weighted by Gasteiger charge is 2.27. The van der Waals surface area contributed by atoms with E-state index in [4.69, 9.17) is 10.5 Å². The summed E-state index contributed by atoms with van der Waals surface area (Å²) >= 11 is 1.26. The summed E-state index contributed by atoms with van der Waals surface area (Å²) < 4.78 is 5.03. The molecule has 19 heavy (non-hydrogen) atoms. The highest BCUT2D eigenvalue weighted by atomic mass is 32.1. The average Bonchev–Trinajstić information content (AvgIpc) is 2.69. The van der Waals surface area contributed by atoms with Crippen LogP contribution in [0.15, 0.2) is 0 Å². The molecule has 1 aromatic rings. The summed E-state index contributed by atoms with van der Waals surface area (Å²) in [5.41, 5.74) is 6.50. The molecule has 1 heterocycles. The fourth-order valence-electron chi connectivity index (χ4n) is 1.83. The average molecular weight is 284 g/mol. The lowest BCUT2D eigenvalue weighted by Gasteiger charge is -2.20. The van der Waals surface area contributed by atoms with Crippen molar-refractivity contribution < 1.29 is 14.3 Å². The fraction of sp³-hybridized carbons (Fsp3) is 0.538. The highest BCUT2D eigenvalue weighted by Crippen LogP contribution is 2.39. The van der Waals surface area contributed by atoms with Gasteiger partial charge in [-0.1, -0.05) is 0 Å². The van der Waals surface area contributed by atoms with E-state index in [1.807, 2.05) is 18.7 Å². The van der Waals surface area contributed by atoms with Crippen LogP contribution in [0.4, 0.5) is 10.7 Å². The quantitative estimate of drug-likeness (QED) is 0.642. The normalized spacial score (nSPS) is 10.3. The van der Waals surface area contributed by atoms with Crippen LogP contribution >= 0.6 is 11.3 Å². The Balaban J connectivity index is 3.38. The van der Waals surface area contributed by atoms with Gasteiger partial charge in [-0.3, -0.25) is 4.79 Å². The lowest BCUT2D eigenvalue weighted by molar-refractivity contribution is 0.0529. The molecule has 6 heteroatoms. The number of nitrogens with zero attached hydrogens (tertiary/aromatic N) is 1. The van der Waals surface area contributed by atoms with Crippen LogP contribution in [0.5, 0.6) is 0 Å². The number of Topliss-reactive ketones (excluding diaryl/α,β-unsaturated/α-hetero) is 1. The molecule has 0 spiro atoms. The molecule has 106 valence electrons. The number of hydrogen-bond acceptors (Lipinski definition) is 6. The second-order valence-corrected chi connectivity index (χ2v) is 4.97. The van der Waals surface area contributed by atoms with Crippen LogP contribution in [0, 0.1) is 0 Å². The zero-order valence-electron chi connectivity index (χ0n) is 11.8. The highest BCUT2D eigenvalue weighted by molar-refractivity contribution is 7.19. The second-order valence-electron chi connectivity index (χ2n) is 3.97. The fourth-order valence-corrected chi connectivity index (χ4v) is 3.06. The van der Waals surface area contributed by atoms with Crippen molar-refractivity contribution in [1.29, 1.82) is 0 Å². The molecule has 0 aliphatic carbocycles. The lowest BCUT2D eigenvalue weighted by Crippen LogP contribution is -2.23. The third-order valence-electron chi connectivity index (χ3n) is 2.78. The van der Waals surface area contributed by atoms with E-state index in [2.05, 4.69) is 0 Å². The van der Waals surface area contributed by atoms with Gasteiger partial charge < -0.3 is 15.4 Å². The number of ether oxygens (including phenoxy) is 1. The molecule has 0 aliphatic rings. The molecule has 5 nitrogen and oxygen atoms in total. The van der Waals surface area contributed by atoms with Crippen LogP contribution in [-0.2, 0) is 4.74 Å². The first-order valence-electron chi connectivity index (χ1n) is 6.33. The van der Waals surface area contributed by atoms with Crippen LogP contribution in [0.3, 0.4) is 0 Å². The number of nitrogen functional groups attached to an aromatic ring is 1. The number of hydrogen-bond donors (Lipinski definition) is 1. The number of carbonyl (C=O) groups excluding carboxylic acids is 2. The van der Waals surface area contributed by atoms with Crippen molar-refractivity contribution in [2.45, 2.75) is 27.7 Å². The molecular weight excluding hydrogens is 264 g/mol. The van der Waals surface area contributed by atoms with E-state index in [0.29, 0.717) is 15.4 Å². The Morgan fingerprint density at radius 2 is 1.84 bits per heavy atom. The first-order chi connectivity index (χ1) is 8.97. The van der Waals surface area contributed by atoms with Crippen molar-refractivity contribution in [1.82, 2.24) is 0 Å². The summed E-state index contributed by atoms with van der Waals surface area (Å²) in [5, 5.41) is 0.714. The summed E-state index contributed by atoms with van der Waals surface area (Å²) in [6, 6.07) is 0. The number of esters is 1. The van der Waals surface area contributed by atoms with Crippen LogP contribution in [0.2, 0.25) is 0 Å². The van der Waals surface area contributed by atoms with E-state index >= 15 is 0 Å². The van der Waals surface area contributed by atoms with Gasteiger partial charge in [-0.25, -0.2) is 4.79 Å². The minimum absolute atomic E-state index is 0.133. The van der Waals surface area contributed by atoms with E-state index in [9.17, 15) is 9.59 Å². The maximum Gasteiger partial charge on any atom is 0.343 e. The Labute approximate surface area is 117 Å². The predicted octanol–water partition coefficient (Wildman–Crippen LogP) is 2.56. The molecular formula is C13H20N2O3S. The molecule has 0 unspecified atom stereocenters. The summed E-state index contributed by atoms with van der Waals surface area (Å²) in [6.07, 6.45) is 0. The van der Waals surface area contributed by atoms with E-state index in [1.54, 1.807) is 6.92 Å². The third kappa shape index (κ3) is 3.07. The first-order valence-corrected chi connectivity index (χ1v) is 7.14. The molecule has 0 bridgehead atoms. The van der Waals surface area contributed by atoms with Gasteiger partial charge >= 0.3 is 5.97 Å². The van der Waals surface area contributed by atoms with Gasteiger partial charge in [0.05, 0.1) is 17.2 Å². The van der Waals surface area contributed by atoms with Crippen molar-refractivity contribution in [2.75, 3.05) is 30.3 Å². The Bertz CT molecular complexity index is 478. The van der Waals surface area contributed by atoms with Crippen LogP contribution < -0.4 is 10.6 Å². The maximum atomic E-state index is 12.0. The number of ketones is 1. The topological polar surface area (TPSA) is 72.6 Å². The van der Waals surface area contributed by atoms with Gasteiger partial charge in [0.25, 0.3) is 0 Å². The molecule has 0 saturated carbocycles. The summed E-state index contributed by atoms with van der Waals surface area (Å²) in [4.78, 5) is 26.0. The van der Waals surface area contributed by atoms with Crippen molar-refractivity contribution in [2.24, 2.45) is 0 Å². The lowest BCUT2D eigenvalue weighted by atomic mass is 10.2. The predicted molar refractivity (Wildman–Crippen MR) is 78.3 cm³/mol. The molecule has 1 rings (SSSR count). The van der Waals surface area contributed by atoms with Crippen LogP contribution in [0.1, 0.15) is 47.7 Å². The third-order valence-corrected chi connectivity index (χ3v) is 4.14. The Kier molecular flexibility index (Phi) is 5.35. The van der Waals surface area contributed by atoms with Crippen LogP contribution in [-0.4, -0.2) is 31.4 Å². The number of nitrogens with two attached hydrogens (primary N) is 1. The van der Waals surface area contributed by atoms with Crippen molar-refractivity contribution in [3.8, 4) is 0 Å². The molecule has 0 saturated heterocycles. The Hall–Kier alpha value is -1.56. The minimum Gasteiger partial charge on any atom is -0.462 e. The Morgan fingerprint density at radius 1 is 1.26 bits per heavy atom. The molecule has 0 atom stereocenters. The molecule has 0 radical (unpaired) electrons. The summed E-state index contributed by atoms with van der Waals surface area (Å²) in [5.74, 6) is -0.600. The number of carbonyl (C=O) groups is 2. The van der Waals surface area contributed by atoms with E-state index in [-0.39, 0.29) is 18.1 Å². The van der Waals surface area contributed by atoms with E-state index in [1.165, 1.54) is 18.3 Å². The minimum atomic E-state index is -0.467. The van der Waals surface area contributed by atoms with Gasteiger partial charge in [-0.05, 0) is 20.8 Å².